The lowest BCUT2D eigenvalue weighted by Crippen LogP contribution is -3.12. The van der Waals surface area contributed by atoms with E-state index >= 15 is 0 Å². The van der Waals surface area contributed by atoms with E-state index in [1.54, 1.807) is 4.90 Å². The van der Waals surface area contributed by atoms with Crippen LogP contribution < -0.4 is 9.64 Å². The van der Waals surface area contributed by atoms with Crippen LogP contribution in [-0.4, -0.2) is 26.2 Å². The van der Waals surface area contributed by atoms with Crippen LogP contribution >= 0.6 is 11.6 Å². The maximum atomic E-state index is 5.95. The van der Waals surface area contributed by atoms with Crippen molar-refractivity contribution in [3.05, 3.63) is 28.8 Å². The Bertz CT molecular complexity index is 324. The van der Waals surface area contributed by atoms with Gasteiger partial charge < -0.3 is 9.64 Å². The standard InChI is InChI=1S/C13H20ClNO/c1-4-15(5-2)8-9-16-12-6-7-13(14)11(3)10-12/h6-7,10H,4-5,8-9H2,1-3H3/p+1. The van der Waals surface area contributed by atoms with E-state index in [-0.39, 0.29) is 0 Å². The zero-order chi connectivity index (χ0) is 12.0. The first-order valence-electron chi connectivity index (χ1n) is 5.89. The van der Waals surface area contributed by atoms with E-state index in [2.05, 4.69) is 13.8 Å². The van der Waals surface area contributed by atoms with Crippen molar-refractivity contribution in [2.24, 2.45) is 0 Å². The number of rotatable bonds is 6. The number of ether oxygens (including phenoxy) is 1. The molecule has 0 aliphatic carbocycles. The molecule has 0 radical (unpaired) electrons. The molecule has 0 fully saturated rings. The molecule has 0 saturated carbocycles. The van der Waals surface area contributed by atoms with Crippen LogP contribution in [0.4, 0.5) is 0 Å². The van der Waals surface area contributed by atoms with Gasteiger partial charge in [0.15, 0.2) is 0 Å². The van der Waals surface area contributed by atoms with Crippen molar-refractivity contribution in [1.82, 2.24) is 0 Å². The Morgan fingerprint density at radius 3 is 2.50 bits per heavy atom. The zero-order valence-corrected chi connectivity index (χ0v) is 11.1. The quantitative estimate of drug-likeness (QED) is 0.805. The fourth-order valence-electron chi connectivity index (χ4n) is 1.62. The van der Waals surface area contributed by atoms with Crippen LogP contribution in [0, 0.1) is 6.92 Å². The number of hydrogen-bond acceptors (Lipinski definition) is 1. The molecule has 0 spiro atoms. The molecule has 16 heavy (non-hydrogen) atoms. The lowest BCUT2D eigenvalue weighted by molar-refractivity contribution is -0.896. The Morgan fingerprint density at radius 1 is 1.25 bits per heavy atom. The normalized spacial score (nSPS) is 10.8. The molecule has 1 rings (SSSR count). The number of halogens is 1. The summed E-state index contributed by atoms with van der Waals surface area (Å²) in [5.41, 5.74) is 1.06. The molecule has 2 nitrogen and oxygen atoms in total. The Morgan fingerprint density at radius 2 is 1.94 bits per heavy atom. The van der Waals surface area contributed by atoms with E-state index in [4.69, 9.17) is 16.3 Å². The highest BCUT2D eigenvalue weighted by Crippen LogP contribution is 2.20. The summed E-state index contributed by atoms with van der Waals surface area (Å²) >= 11 is 5.95. The first-order chi connectivity index (χ1) is 7.67. The Labute approximate surface area is 103 Å². The van der Waals surface area contributed by atoms with Crippen LogP contribution in [0.15, 0.2) is 18.2 Å². The van der Waals surface area contributed by atoms with E-state index in [9.17, 15) is 0 Å². The molecule has 0 amide bonds. The Balaban J connectivity index is 2.40. The highest BCUT2D eigenvalue weighted by Gasteiger charge is 2.03. The summed E-state index contributed by atoms with van der Waals surface area (Å²) in [6.45, 7) is 10.5. The monoisotopic (exact) mass is 242 g/mol. The van der Waals surface area contributed by atoms with Gasteiger partial charge in [0.25, 0.3) is 0 Å². The molecule has 90 valence electrons. The predicted octanol–water partition coefficient (Wildman–Crippen LogP) is 1.95. The van der Waals surface area contributed by atoms with Gasteiger partial charge in [-0.3, -0.25) is 0 Å². The summed E-state index contributed by atoms with van der Waals surface area (Å²) in [6, 6.07) is 5.79. The molecule has 0 aliphatic heterocycles. The van der Waals surface area contributed by atoms with E-state index < -0.39 is 0 Å². The van der Waals surface area contributed by atoms with Crippen LogP contribution in [0.1, 0.15) is 19.4 Å². The summed E-state index contributed by atoms with van der Waals surface area (Å²) < 4.78 is 5.70. The van der Waals surface area contributed by atoms with Crippen LogP contribution in [-0.2, 0) is 0 Å². The fraction of sp³-hybridized carbons (Fsp3) is 0.538. The van der Waals surface area contributed by atoms with Gasteiger partial charge in [-0.25, -0.2) is 0 Å². The minimum absolute atomic E-state index is 0.762. The maximum Gasteiger partial charge on any atom is 0.137 e. The summed E-state index contributed by atoms with van der Waals surface area (Å²) in [4.78, 5) is 1.56. The first-order valence-corrected chi connectivity index (χ1v) is 6.27. The minimum atomic E-state index is 0.762. The number of quaternary nitrogens is 1. The highest BCUT2D eigenvalue weighted by molar-refractivity contribution is 6.31. The van der Waals surface area contributed by atoms with Crippen LogP contribution in [0.25, 0.3) is 0 Å². The van der Waals surface area contributed by atoms with E-state index in [0.29, 0.717) is 0 Å². The molecule has 3 heteroatoms. The van der Waals surface area contributed by atoms with Gasteiger partial charge >= 0.3 is 0 Å². The Kier molecular flexibility index (Phi) is 5.64. The van der Waals surface area contributed by atoms with Crippen molar-refractivity contribution in [1.29, 1.82) is 0 Å². The summed E-state index contributed by atoms with van der Waals surface area (Å²) in [6.07, 6.45) is 0. The van der Waals surface area contributed by atoms with Crippen LogP contribution in [0.3, 0.4) is 0 Å². The third kappa shape index (κ3) is 4.03. The molecular weight excluding hydrogens is 222 g/mol. The summed E-state index contributed by atoms with van der Waals surface area (Å²) in [5.74, 6) is 0.911. The van der Waals surface area contributed by atoms with Crippen molar-refractivity contribution in [2.75, 3.05) is 26.2 Å². The van der Waals surface area contributed by atoms with Gasteiger partial charge in [-0.15, -0.1) is 0 Å². The number of likely N-dealkylation sites (N-methyl/N-ethyl adjacent to an activating group) is 1. The number of benzene rings is 1. The molecule has 1 aromatic rings. The van der Waals surface area contributed by atoms with Crippen molar-refractivity contribution < 1.29 is 9.64 Å². The molecule has 0 saturated heterocycles. The third-order valence-corrected chi connectivity index (χ3v) is 3.28. The molecule has 1 aromatic carbocycles. The minimum Gasteiger partial charge on any atom is -0.488 e. The number of aryl methyl sites for hydroxylation is 1. The van der Waals surface area contributed by atoms with Gasteiger partial charge in [-0.05, 0) is 44.5 Å². The third-order valence-electron chi connectivity index (χ3n) is 2.85. The van der Waals surface area contributed by atoms with Gasteiger partial charge in [0.05, 0.1) is 13.1 Å². The summed E-state index contributed by atoms with van der Waals surface area (Å²) in [5, 5.41) is 0.793. The molecule has 0 unspecified atom stereocenters. The SMILES string of the molecule is CC[NH+](CC)CCOc1ccc(Cl)c(C)c1. The predicted molar refractivity (Wildman–Crippen MR) is 68.6 cm³/mol. The zero-order valence-electron chi connectivity index (χ0n) is 10.3. The Hall–Kier alpha value is -0.730. The second kappa shape index (κ2) is 6.77. The average Bonchev–Trinajstić information content (AvgIpc) is 2.29. The van der Waals surface area contributed by atoms with Crippen LogP contribution in [0.2, 0.25) is 5.02 Å². The second-order valence-electron chi connectivity index (χ2n) is 3.97. The average molecular weight is 243 g/mol. The van der Waals surface area contributed by atoms with E-state index in [1.807, 2.05) is 25.1 Å². The lowest BCUT2D eigenvalue weighted by Gasteiger charge is -2.15. The van der Waals surface area contributed by atoms with Crippen molar-refractivity contribution in [2.45, 2.75) is 20.8 Å². The molecule has 1 N–H and O–H groups in total. The van der Waals surface area contributed by atoms with Gasteiger partial charge in [0, 0.05) is 5.02 Å². The van der Waals surface area contributed by atoms with E-state index in [1.165, 1.54) is 0 Å². The second-order valence-corrected chi connectivity index (χ2v) is 4.37. The van der Waals surface area contributed by atoms with Gasteiger partial charge in [-0.2, -0.15) is 0 Å². The molecule has 0 aliphatic rings. The molecular formula is C13H21ClNO+. The number of hydrogen-bond donors (Lipinski definition) is 1. The van der Waals surface area contributed by atoms with Gasteiger partial charge in [-0.1, -0.05) is 11.6 Å². The van der Waals surface area contributed by atoms with E-state index in [0.717, 1.165) is 42.6 Å². The molecule has 0 heterocycles. The number of nitrogens with one attached hydrogen (secondary N) is 1. The fourth-order valence-corrected chi connectivity index (χ4v) is 1.74. The first kappa shape index (κ1) is 13.3. The van der Waals surface area contributed by atoms with Gasteiger partial charge in [0.2, 0.25) is 0 Å². The molecule has 0 atom stereocenters. The lowest BCUT2D eigenvalue weighted by atomic mass is 10.2. The maximum absolute atomic E-state index is 5.95. The van der Waals surface area contributed by atoms with Crippen molar-refractivity contribution in [3.63, 3.8) is 0 Å². The highest BCUT2D eigenvalue weighted by atomic mass is 35.5. The van der Waals surface area contributed by atoms with Crippen molar-refractivity contribution >= 4 is 11.6 Å². The van der Waals surface area contributed by atoms with Gasteiger partial charge in [0.1, 0.15) is 18.9 Å². The summed E-state index contributed by atoms with van der Waals surface area (Å²) in [7, 11) is 0. The van der Waals surface area contributed by atoms with Crippen molar-refractivity contribution in [3.8, 4) is 5.75 Å². The van der Waals surface area contributed by atoms with Crippen LogP contribution in [0.5, 0.6) is 5.75 Å². The molecule has 0 bridgehead atoms. The topological polar surface area (TPSA) is 13.7 Å². The largest absolute Gasteiger partial charge is 0.488 e. The molecule has 0 aromatic heterocycles. The smallest absolute Gasteiger partial charge is 0.137 e.